The molecule has 1 heterocycles. The van der Waals surface area contributed by atoms with Crippen molar-refractivity contribution in [3.63, 3.8) is 0 Å². The molecule has 0 aromatic heterocycles. The van der Waals surface area contributed by atoms with Crippen LogP contribution in [0.1, 0.15) is 35.1 Å². The second-order valence-electron chi connectivity index (χ2n) is 8.67. The summed E-state index contributed by atoms with van der Waals surface area (Å²) in [5.74, 6) is -0.438. The van der Waals surface area contributed by atoms with Gasteiger partial charge in [0, 0.05) is 25.7 Å². The molecule has 2 aromatic rings. The number of esters is 1. The quantitative estimate of drug-likeness (QED) is 0.531. The number of hydrogen-bond acceptors (Lipinski definition) is 6. The number of hydrogen-bond donors (Lipinski definition) is 0. The minimum absolute atomic E-state index is 0.227. The largest absolute Gasteiger partial charge is 0.496 e. The molecule has 1 atom stereocenters. The Labute approximate surface area is 201 Å². The van der Waals surface area contributed by atoms with Crippen molar-refractivity contribution < 1.29 is 27.5 Å². The van der Waals surface area contributed by atoms with Gasteiger partial charge in [-0.15, -0.1) is 0 Å². The molecule has 34 heavy (non-hydrogen) atoms. The van der Waals surface area contributed by atoms with Gasteiger partial charge in [0.1, 0.15) is 11.8 Å². The molecular weight excluding hydrogens is 456 g/mol. The Morgan fingerprint density at radius 2 is 1.76 bits per heavy atom. The van der Waals surface area contributed by atoms with Gasteiger partial charge in [-0.25, -0.2) is 8.42 Å². The lowest BCUT2D eigenvalue weighted by molar-refractivity contribution is -0.154. The van der Waals surface area contributed by atoms with E-state index in [4.69, 9.17) is 9.47 Å². The van der Waals surface area contributed by atoms with E-state index >= 15 is 0 Å². The summed E-state index contributed by atoms with van der Waals surface area (Å²) in [5, 5.41) is 0. The molecule has 0 radical (unpaired) electrons. The van der Waals surface area contributed by atoms with Gasteiger partial charge in [0.25, 0.3) is 5.91 Å². The van der Waals surface area contributed by atoms with Crippen molar-refractivity contribution in [2.24, 2.45) is 0 Å². The number of ether oxygens (including phenoxy) is 2. The van der Waals surface area contributed by atoms with E-state index < -0.39 is 34.5 Å². The number of methoxy groups -OCH3 is 1. The topological polar surface area (TPSA) is 93.2 Å². The maximum absolute atomic E-state index is 13.4. The molecule has 8 nitrogen and oxygen atoms in total. The van der Waals surface area contributed by atoms with Crippen molar-refractivity contribution in [3.8, 4) is 5.75 Å². The average molecular weight is 489 g/mol. The van der Waals surface area contributed by atoms with Crippen molar-refractivity contribution in [1.82, 2.24) is 9.21 Å². The Bertz CT molecular complexity index is 1150. The summed E-state index contributed by atoms with van der Waals surface area (Å²) in [6.45, 7) is 5.48. The maximum Gasteiger partial charge on any atom is 0.324 e. The van der Waals surface area contributed by atoms with E-state index in [1.165, 1.54) is 9.21 Å². The number of amides is 1. The van der Waals surface area contributed by atoms with E-state index in [1.807, 2.05) is 37.3 Å². The minimum atomic E-state index is -3.89. The number of nitrogens with zero attached hydrogens (tertiary/aromatic N) is 2. The predicted octanol–water partition coefficient (Wildman–Crippen LogP) is 2.98. The van der Waals surface area contributed by atoms with Crippen LogP contribution in [0.3, 0.4) is 0 Å². The number of carbonyl (C=O) groups is 2. The van der Waals surface area contributed by atoms with E-state index in [0.717, 1.165) is 11.1 Å². The third-order valence-electron chi connectivity index (χ3n) is 6.01. The zero-order valence-corrected chi connectivity index (χ0v) is 21.1. The summed E-state index contributed by atoms with van der Waals surface area (Å²) in [4.78, 5) is 27.1. The Balaban J connectivity index is 1.67. The molecule has 3 rings (SSSR count). The van der Waals surface area contributed by atoms with E-state index in [9.17, 15) is 18.0 Å². The molecule has 1 unspecified atom stereocenters. The van der Waals surface area contributed by atoms with Crippen molar-refractivity contribution in [2.45, 2.75) is 51.1 Å². The standard InChI is InChI=1S/C25H32N2O6S/c1-17-13-18(2)24(19(3)14-17)34(30,31)27-12-8-10-21(27)25(29)33-16-23(28)26(4)15-20-9-6-7-11-22(20)32-5/h6-7,9,11,13-14,21H,8,10,12,15-16H2,1-5H3. The third-order valence-corrected chi connectivity index (χ3v) is 8.23. The molecule has 2 aromatic carbocycles. The first kappa shape index (κ1) is 25.7. The van der Waals surface area contributed by atoms with Gasteiger partial charge in [-0.2, -0.15) is 4.31 Å². The van der Waals surface area contributed by atoms with Crippen LogP contribution in [0.4, 0.5) is 0 Å². The summed E-state index contributed by atoms with van der Waals surface area (Å²) < 4.78 is 38.7. The van der Waals surface area contributed by atoms with Gasteiger partial charge >= 0.3 is 5.97 Å². The van der Waals surface area contributed by atoms with Crippen LogP contribution in [-0.4, -0.2) is 62.9 Å². The molecule has 0 N–H and O–H groups in total. The number of benzene rings is 2. The van der Waals surface area contributed by atoms with Crippen molar-refractivity contribution in [1.29, 1.82) is 0 Å². The zero-order valence-electron chi connectivity index (χ0n) is 20.3. The van der Waals surface area contributed by atoms with Crippen LogP contribution < -0.4 is 4.74 Å². The van der Waals surface area contributed by atoms with Gasteiger partial charge in [0.15, 0.2) is 6.61 Å². The highest BCUT2D eigenvalue weighted by atomic mass is 32.2. The number of para-hydroxylation sites is 1. The van der Waals surface area contributed by atoms with E-state index in [0.29, 0.717) is 29.7 Å². The molecule has 0 aliphatic carbocycles. The van der Waals surface area contributed by atoms with Crippen LogP contribution in [0.5, 0.6) is 5.75 Å². The predicted molar refractivity (Wildman–Crippen MR) is 128 cm³/mol. The molecule has 1 aliphatic heterocycles. The fourth-order valence-corrected chi connectivity index (χ4v) is 6.53. The van der Waals surface area contributed by atoms with Gasteiger partial charge in [-0.05, 0) is 50.8 Å². The highest BCUT2D eigenvalue weighted by molar-refractivity contribution is 7.89. The van der Waals surface area contributed by atoms with Gasteiger partial charge in [-0.3, -0.25) is 9.59 Å². The molecule has 184 valence electrons. The zero-order chi connectivity index (χ0) is 25.0. The Hall–Kier alpha value is -2.91. The second-order valence-corrected chi connectivity index (χ2v) is 10.5. The molecule has 0 bridgehead atoms. The van der Waals surface area contributed by atoms with E-state index in [2.05, 4.69) is 0 Å². The van der Waals surface area contributed by atoms with Crippen molar-refractivity contribution in [3.05, 3.63) is 58.7 Å². The number of likely N-dealkylation sites (N-methyl/N-ethyl adjacent to an activating group) is 1. The fourth-order valence-electron chi connectivity index (χ4n) is 4.47. The van der Waals surface area contributed by atoms with Crippen LogP contribution in [0, 0.1) is 20.8 Å². The molecule has 1 amide bonds. The lowest BCUT2D eigenvalue weighted by atomic mass is 10.1. The van der Waals surface area contributed by atoms with Gasteiger partial charge in [-0.1, -0.05) is 35.9 Å². The molecule has 1 saturated heterocycles. The maximum atomic E-state index is 13.4. The monoisotopic (exact) mass is 488 g/mol. The molecule has 9 heteroatoms. The third kappa shape index (κ3) is 5.42. The van der Waals surface area contributed by atoms with E-state index in [1.54, 1.807) is 34.1 Å². The summed E-state index contributed by atoms with van der Waals surface area (Å²) in [7, 11) is -0.723. The highest BCUT2D eigenvalue weighted by Crippen LogP contribution is 2.31. The lowest BCUT2D eigenvalue weighted by Gasteiger charge is -2.25. The Morgan fingerprint density at radius 1 is 1.12 bits per heavy atom. The number of rotatable bonds is 8. The SMILES string of the molecule is COc1ccccc1CN(C)C(=O)COC(=O)C1CCCN1S(=O)(=O)c1c(C)cc(C)cc1C. The van der Waals surface area contributed by atoms with Crippen LogP contribution in [0.2, 0.25) is 0 Å². The minimum Gasteiger partial charge on any atom is -0.496 e. The first-order valence-electron chi connectivity index (χ1n) is 11.2. The lowest BCUT2D eigenvalue weighted by Crippen LogP contribution is -2.42. The normalized spacial score (nSPS) is 16.3. The second kappa shape index (κ2) is 10.6. The average Bonchev–Trinajstić information content (AvgIpc) is 3.27. The van der Waals surface area contributed by atoms with Gasteiger partial charge in [0.05, 0.1) is 12.0 Å². The van der Waals surface area contributed by atoms with Crippen molar-refractivity contribution in [2.75, 3.05) is 27.3 Å². The number of carbonyl (C=O) groups excluding carboxylic acids is 2. The van der Waals surface area contributed by atoms with Gasteiger partial charge in [0.2, 0.25) is 10.0 Å². The van der Waals surface area contributed by atoms with Crippen LogP contribution in [-0.2, 0) is 30.9 Å². The molecule has 0 saturated carbocycles. The first-order chi connectivity index (χ1) is 16.1. The van der Waals surface area contributed by atoms with Crippen molar-refractivity contribution >= 4 is 21.9 Å². The summed E-state index contributed by atoms with van der Waals surface area (Å²) in [5.41, 5.74) is 3.08. The molecule has 1 fully saturated rings. The summed E-state index contributed by atoms with van der Waals surface area (Å²) in [6.07, 6.45) is 0.901. The number of aryl methyl sites for hydroxylation is 3. The first-order valence-corrected chi connectivity index (χ1v) is 12.6. The van der Waals surface area contributed by atoms with Crippen LogP contribution >= 0.6 is 0 Å². The Morgan fingerprint density at radius 3 is 2.41 bits per heavy atom. The van der Waals surface area contributed by atoms with Gasteiger partial charge < -0.3 is 14.4 Å². The fraction of sp³-hybridized carbons (Fsp3) is 0.440. The highest BCUT2D eigenvalue weighted by Gasteiger charge is 2.41. The molecule has 1 aliphatic rings. The molecule has 0 spiro atoms. The van der Waals surface area contributed by atoms with Crippen LogP contribution in [0.25, 0.3) is 0 Å². The van der Waals surface area contributed by atoms with Crippen LogP contribution in [0.15, 0.2) is 41.3 Å². The number of sulfonamides is 1. The van der Waals surface area contributed by atoms with E-state index in [-0.39, 0.29) is 18.0 Å². The summed E-state index contributed by atoms with van der Waals surface area (Å²) >= 11 is 0. The summed E-state index contributed by atoms with van der Waals surface area (Å²) in [6, 6.07) is 10.0. The smallest absolute Gasteiger partial charge is 0.324 e. The molecular formula is C25H32N2O6S. The Kier molecular flexibility index (Phi) is 7.99.